The first-order chi connectivity index (χ1) is 14.3. The van der Waals surface area contributed by atoms with Crippen LogP contribution in [0.15, 0.2) is 47.5 Å². The molecule has 158 valence electrons. The fraction of sp³-hybridized carbons (Fsp3) is 0.364. The summed E-state index contributed by atoms with van der Waals surface area (Å²) >= 11 is 1.40. The van der Waals surface area contributed by atoms with Crippen molar-refractivity contribution in [2.75, 3.05) is 23.5 Å². The molecule has 0 aromatic heterocycles. The van der Waals surface area contributed by atoms with E-state index in [1.807, 2.05) is 61.2 Å². The highest BCUT2D eigenvalue weighted by Crippen LogP contribution is 2.41. The Morgan fingerprint density at radius 2 is 1.87 bits per heavy atom. The molecule has 0 saturated carbocycles. The fourth-order valence-electron chi connectivity index (χ4n) is 3.81. The van der Waals surface area contributed by atoms with Crippen LogP contribution in [0.2, 0.25) is 0 Å². The van der Waals surface area contributed by atoms with Crippen molar-refractivity contribution in [3.63, 3.8) is 0 Å². The van der Waals surface area contributed by atoms with E-state index in [1.54, 1.807) is 7.11 Å². The number of amides is 1. The molecule has 0 radical (unpaired) electrons. The lowest BCUT2D eigenvalue weighted by molar-refractivity contribution is -0.117. The molecule has 2 heterocycles. The Kier molecular flexibility index (Phi) is 5.63. The first kappa shape index (κ1) is 20.9. The predicted molar refractivity (Wildman–Crippen MR) is 121 cm³/mol. The quantitative estimate of drug-likeness (QED) is 0.721. The van der Waals surface area contributed by atoms with Crippen LogP contribution in [-0.4, -0.2) is 49.4 Å². The number of nitrogens with zero attached hydrogens (tertiary/aromatic N) is 2. The van der Waals surface area contributed by atoms with Crippen LogP contribution in [0.25, 0.3) is 0 Å². The van der Waals surface area contributed by atoms with E-state index in [-0.39, 0.29) is 35.1 Å². The van der Waals surface area contributed by atoms with Gasteiger partial charge in [0.1, 0.15) is 5.75 Å². The molecule has 2 aliphatic rings. The number of carbonyl (C=O) groups excluding carboxylic acids is 1. The molecule has 0 spiro atoms. The third-order valence-corrected chi connectivity index (χ3v) is 8.78. The monoisotopic (exact) mass is 444 g/mol. The Hall–Kier alpha value is -2.32. The Morgan fingerprint density at radius 1 is 1.13 bits per heavy atom. The highest BCUT2D eigenvalue weighted by molar-refractivity contribution is 8.16. The van der Waals surface area contributed by atoms with Crippen LogP contribution in [0, 0.1) is 13.8 Å². The first-order valence-corrected chi connectivity index (χ1v) is 12.4. The molecule has 2 aliphatic heterocycles. The van der Waals surface area contributed by atoms with Gasteiger partial charge in [0.25, 0.3) is 5.91 Å². The van der Waals surface area contributed by atoms with Crippen LogP contribution in [-0.2, 0) is 21.1 Å². The number of rotatable bonds is 4. The number of hydrogen-bond acceptors (Lipinski definition) is 5. The Bertz CT molecular complexity index is 1110. The van der Waals surface area contributed by atoms with Crippen LogP contribution >= 0.6 is 11.8 Å². The zero-order valence-electron chi connectivity index (χ0n) is 17.2. The second kappa shape index (κ2) is 8.07. The van der Waals surface area contributed by atoms with Gasteiger partial charge >= 0.3 is 0 Å². The number of aryl methyl sites for hydroxylation is 2. The van der Waals surface area contributed by atoms with Gasteiger partial charge in [-0.15, -0.1) is 0 Å². The van der Waals surface area contributed by atoms with Gasteiger partial charge in [-0.25, -0.2) is 8.42 Å². The predicted octanol–water partition coefficient (Wildman–Crippen LogP) is 3.16. The van der Waals surface area contributed by atoms with Gasteiger partial charge in [0.2, 0.25) is 0 Å². The Morgan fingerprint density at radius 3 is 2.53 bits per heavy atom. The molecule has 1 amide bonds. The number of fused-ring (bicyclic) bond motifs is 1. The van der Waals surface area contributed by atoms with E-state index < -0.39 is 9.84 Å². The second-order valence-electron chi connectivity index (χ2n) is 7.75. The topological polar surface area (TPSA) is 76.0 Å². The maximum Gasteiger partial charge on any atom is 0.252 e. The number of hydrogen-bond donors (Lipinski definition) is 0. The molecule has 0 unspecified atom stereocenters. The molecular weight excluding hydrogens is 420 g/mol. The number of amidine groups is 1. The first-order valence-electron chi connectivity index (χ1n) is 9.74. The summed E-state index contributed by atoms with van der Waals surface area (Å²) in [4.78, 5) is 19.0. The lowest BCUT2D eigenvalue weighted by Gasteiger charge is -2.25. The van der Waals surface area contributed by atoms with Crippen LogP contribution in [0.4, 0.5) is 5.69 Å². The second-order valence-corrected chi connectivity index (χ2v) is 11.1. The average Bonchev–Trinajstić information content (AvgIpc) is 3.15. The standard InChI is InChI=1S/C22H24N2O4S2/c1-14-4-7-17(10-15(14)2)24-19-12-30(26,27)13-20(19)29-22(24)23-21(25)11-16-5-8-18(28-3)9-6-16/h4-10,19-20H,11-13H2,1-3H3/t19-,20-/m0/s1. The van der Waals surface area contributed by atoms with Crippen molar-refractivity contribution >= 4 is 38.4 Å². The highest BCUT2D eigenvalue weighted by Gasteiger charge is 2.49. The molecule has 0 aliphatic carbocycles. The van der Waals surface area contributed by atoms with E-state index in [2.05, 4.69) is 4.99 Å². The van der Waals surface area contributed by atoms with Crippen LogP contribution < -0.4 is 9.64 Å². The zero-order chi connectivity index (χ0) is 21.5. The highest BCUT2D eigenvalue weighted by atomic mass is 32.2. The van der Waals surface area contributed by atoms with Crippen molar-refractivity contribution in [3.8, 4) is 5.75 Å². The largest absolute Gasteiger partial charge is 0.497 e. The maximum atomic E-state index is 12.7. The molecule has 4 rings (SSSR count). The van der Waals surface area contributed by atoms with Crippen LogP contribution in [0.3, 0.4) is 0 Å². The van der Waals surface area contributed by atoms with Crippen molar-refractivity contribution < 1.29 is 17.9 Å². The van der Waals surface area contributed by atoms with Gasteiger partial charge in [-0.1, -0.05) is 30.0 Å². The third-order valence-electron chi connectivity index (χ3n) is 5.57. The molecule has 2 atom stereocenters. The lowest BCUT2D eigenvalue weighted by Crippen LogP contribution is -2.37. The summed E-state index contributed by atoms with van der Waals surface area (Å²) in [5, 5.41) is 0.478. The summed E-state index contributed by atoms with van der Waals surface area (Å²) in [6.07, 6.45) is 0.183. The summed E-state index contributed by atoms with van der Waals surface area (Å²) < 4.78 is 29.6. The molecule has 6 nitrogen and oxygen atoms in total. The molecule has 2 fully saturated rings. The minimum atomic E-state index is -3.09. The number of thioether (sulfide) groups is 1. The number of anilines is 1. The lowest BCUT2D eigenvalue weighted by atomic mass is 10.1. The Balaban J connectivity index is 1.62. The minimum absolute atomic E-state index is 0.0866. The van der Waals surface area contributed by atoms with Gasteiger partial charge in [-0.05, 0) is 54.8 Å². The van der Waals surface area contributed by atoms with Crippen LogP contribution in [0.1, 0.15) is 16.7 Å². The average molecular weight is 445 g/mol. The number of carbonyl (C=O) groups is 1. The van der Waals surface area contributed by atoms with E-state index in [0.29, 0.717) is 5.17 Å². The molecule has 2 aromatic carbocycles. The maximum absolute atomic E-state index is 12.7. The van der Waals surface area contributed by atoms with Gasteiger partial charge in [0.15, 0.2) is 15.0 Å². The fourth-order valence-corrected chi connectivity index (χ4v) is 7.74. The number of methoxy groups -OCH3 is 1. The Labute approximate surface area is 181 Å². The number of aliphatic imine (C=N–C) groups is 1. The summed E-state index contributed by atoms with van der Waals surface area (Å²) in [5.41, 5.74) is 4.01. The molecule has 0 bridgehead atoms. The normalized spacial score (nSPS) is 23.6. The summed E-state index contributed by atoms with van der Waals surface area (Å²) in [5.74, 6) is 0.691. The van der Waals surface area contributed by atoms with E-state index in [0.717, 1.165) is 28.1 Å². The molecule has 2 aromatic rings. The molecular formula is C22H24N2O4S2. The minimum Gasteiger partial charge on any atom is -0.497 e. The van der Waals surface area contributed by atoms with Gasteiger partial charge in [0.05, 0.1) is 31.1 Å². The van der Waals surface area contributed by atoms with Crippen molar-refractivity contribution in [2.24, 2.45) is 4.99 Å². The molecule has 2 saturated heterocycles. The number of sulfone groups is 1. The van der Waals surface area contributed by atoms with Crippen molar-refractivity contribution in [1.82, 2.24) is 0 Å². The SMILES string of the molecule is COc1ccc(CC(=O)N=C2S[C@H]3CS(=O)(=O)C[C@@H]3N2c2ccc(C)c(C)c2)cc1. The molecule has 8 heteroatoms. The van der Waals surface area contributed by atoms with E-state index in [9.17, 15) is 13.2 Å². The van der Waals surface area contributed by atoms with Crippen molar-refractivity contribution in [2.45, 2.75) is 31.6 Å². The van der Waals surface area contributed by atoms with E-state index in [1.165, 1.54) is 11.8 Å². The van der Waals surface area contributed by atoms with E-state index in [4.69, 9.17) is 4.74 Å². The third kappa shape index (κ3) is 4.25. The van der Waals surface area contributed by atoms with Gasteiger partial charge in [-0.2, -0.15) is 4.99 Å². The van der Waals surface area contributed by atoms with Crippen LogP contribution in [0.5, 0.6) is 5.75 Å². The van der Waals surface area contributed by atoms with E-state index >= 15 is 0 Å². The van der Waals surface area contributed by atoms with Gasteiger partial charge in [-0.3, -0.25) is 4.79 Å². The smallest absolute Gasteiger partial charge is 0.252 e. The molecule has 30 heavy (non-hydrogen) atoms. The number of ether oxygens (including phenoxy) is 1. The molecule has 0 N–H and O–H groups in total. The van der Waals surface area contributed by atoms with Gasteiger partial charge in [0, 0.05) is 10.9 Å². The summed E-state index contributed by atoms with van der Waals surface area (Å²) in [7, 11) is -1.49. The summed E-state index contributed by atoms with van der Waals surface area (Å²) in [6.45, 7) is 4.06. The number of benzene rings is 2. The van der Waals surface area contributed by atoms with Crippen molar-refractivity contribution in [1.29, 1.82) is 0 Å². The van der Waals surface area contributed by atoms with Gasteiger partial charge < -0.3 is 9.64 Å². The summed E-state index contributed by atoms with van der Waals surface area (Å²) in [6, 6.07) is 13.2. The van der Waals surface area contributed by atoms with Crippen molar-refractivity contribution in [3.05, 3.63) is 59.2 Å². The zero-order valence-corrected chi connectivity index (χ0v) is 18.8.